The second-order valence-corrected chi connectivity index (χ2v) is 5.94. The molecule has 0 aliphatic rings. The lowest BCUT2D eigenvalue weighted by Gasteiger charge is -2.14. The minimum absolute atomic E-state index is 0.523. The molecule has 0 saturated carbocycles. The van der Waals surface area contributed by atoms with Gasteiger partial charge in [-0.1, -0.05) is 63.1 Å². The fourth-order valence-electron chi connectivity index (χ4n) is 2.58. The van der Waals surface area contributed by atoms with E-state index in [1.807, 2.05) is 0 Å². The summed E-state index contributed by atoms with van der Waals surface area (Å²) in [5.74, 6) is 1.52. The number of halogens is 1. The predicted molar refractivity (Wildman–Crippen MR) is 89.0 cm³/mol. The van der Waals surface area contributed by atoms with E-state index in [0.29, 0.717) is 5.88 Å². The van der Waals surface area contributed by atoms with Crippen LogP contribution in [0.4, 0.5) is 0 Å². The van der Waals surface area contributed by atoms with Crippen molar-refractivity contribution in [2.24, 2.45) is 0 Å². The summed E-state index contributed by atoms with van der Waals surface area (Å²) in [5, 5.41) is 0. The van der Waals surface area contributed by atoms with Crippen LogP contribution >= 0.6 is 11.6 Å². The molecule has 0 bridgehead atoms. The molecule has 0 aliphatic heterocycles. The first kappa shape index (κ1) is 17.4. The molecule has 0 radical (unpaired) electrons. The smallest absolute Gasteiger partial charge is 0.126 e. The Morgan fingerprint density at radius 3 is 2.25 bits per heavy atom. The minimum Gasteiger partial charge on any atom is -0.493 e. The Morgan fingerprint density at radius 1 is 0.950 bits per heavy atom. The second kappa shape index (κ2) is 10.1. The van der Waals surface area contributed by atoms with Gasteiger partial charge in [0, 0.05) is 5.56 Å². The monoisotopic (exact) mass is 296 g/mol. The summed E-state index contributed by atoms with van der Waals surface area (Å²) in [6.07, 6.45) is 9.18. The maximum Gasteiger partial charge on any atom is 0.126 e. The van der Waals surface area contributed by atoms with E-state index >= 15 is 0 Å². The van der Waals surface area contributed by atoms with Crippen molar-refractivity contribution in [2.75, 3.05) is 6.61 Å². The average Bonchev–Trinajstić information content (AvgIpc) is 2.43. The molecule has 0 fully saturated rings. The lowest BCUT2D eigenvalue weighted by molar-refractivity contribution is 0.300. The first-order valence-corrected chi connectivity index (χ1v) is 8.51. The minimum atomic E-state index is 0.523. The summed E-state index contributed by atoms with van der Waals surface area (Å²) in [4.78, 5) is 0. The molecule has 2 heteroatoms. The van der Waals surface area contributed by atoms with E-state index in [2.05, 4.69) is 32.9 Å². The van der Waals surface area contributed by atoms with Crippen LogP contribution in [-0.4, -0.2) is 6.61 Å². The number of benzene rings is 1. The molecule has 1 nitrogen and oxygen atoms in total. The van der Waals surface area contributed by atoms with Crippen LogP contribution in [0.5, 0.6) is 5.75 Å². The Hall–Kier alpha value is -0.690. The van der Waals surface area contributed by atoms with Crippen LogP contribution < -0.4 is 4.74 Å². The van der Waals surface area contributed by atoms with Gasteiger partial charge in [0.15, 0.2) is 0 Å². The lowest BCUT2D eigenvalue weighted by atomic mass is 10.1. The van der Waals surface area contributed by atoms with Crippen molar-refractivity contribution in [1.82, 2.24) is 0 Å². The van der Waals surface area contributed by atoms with Crippen molar-refractivity contribution < 1.29 is 4.74 Å². The fourth-order valence-corrected chi connectivity index (χ4v) is 2.78. The van der Waals surface area contributed by atoms with Crippen LogP contribution in [0.2, 0.25) is 0 Å². The van der Waals surface area contributed by atoms with Crippen LogP contribution in [0.15, 0.2) is 12.1 Å². The molecule has 0 spiro atoms. The summed E-state index contributed by atoms with van der Waals surface area (Å²) in [6.45, 7) is 7.26. The van der Waals surface area contributed by atoms with Gasteiger partial charge in [-0.25, -0.2) is 0 Å². The molecule has 1 aromatic carbocycles. The van der Waals surface area contributed by atoms with Gasteiger partial charge in [0.25, 0.3) is 0 Å². The fraction of sp³-hybridized carbons (Fsp3) is 0.667. The molecular weight excluding hydrogens is 268 g/mol. The predicted octanol–water partition coefficient (Wildman–Crippen LogP) is 6.17. The van der Waals surface area contributed by atoms with E-state index in [4.69, 9.17) is 16.3 Å². The van der Waals surface area contributed by atoms with Crippen molar-refractivity contribution in [3.05, 3.63) is 28.8 Å². The summed E-state index contributed by atoms with van der Waals surface area (Å²) >= 11 is 6.01. The van der Waals surface area contributed by atoms with Crippen LogP contribution in [0, 0.1) is 13.8 Å². The van der Waals surface area contributed by atoms with Gasteiger partial charge < -0.3 is 4.74 Å². The van der Waals surface area contributed by atoms with Crippen molar-refractivity contribution in [3.8, 4) is 5.75 Å². The van der Waals surface area contributed by atoms with Gasteiger partial charge >= 0.3 is 0 Å². The van der Waals surface area contributed by atoms with Crippen LogP contribution in [0.1, 0.15) is 68.6 Å². The molecule has 0 heterocycles. The highest BCUT2D eigenvalue weighted by Gasteiger charge is 2.07. The van der Waals surface area contributed by atoms with E-state index in [0.717, 1.165) is 24.3 Å². The van der Waals surface area contributed by atoms with Crippen LogP contribution in [-0.2, 0) is 5.88 Å². The quantitative estimate of drug-likeness (QED) is 0.370. The number of hydrogen-bond donors (Lipinski definition) is 0. The molecule has 1 rings (SSSR count). The van der Waals surface area contributed by atoms with E-state index in [9.17, 15) is 0 Å². The molecule has 0 unspecified atom stereocenters. The normalized spacial score (nSPS) is 10.8. The largest absolute Gasteiger partial charge is 0.493 e. The van der Waals surface area contributed by atoms with Gasteiger partial charge in [0.1, 0.15) is 5.75 Å². The molecular formula is C18H29ClO. The molecule has 0 saturated heterocycles. The third-order valence-corrected chi connectivity index (χ3v) is 3.92. The number of ether oxygens (including phenoxy) is 1. The van der Waals surface area contributed by atoms with Gasteiger partial charge in [-0.15, -0.1) is 11.6 Å². The zero-order chi connectivity index (χ0) is 14.8. The molecule has 114 valence electrons. The molecule has 20 heavy (non-hydrogen) atoms. The molecule has 0 N–H and O–H groups in total. The SMILES string of the molecule is CCCCCCCCCOc1c(C)cc(C)cc1CCl. The Kier molecular flexibility index (Phi) is 8.77. The standard InChI is InChI=1S/C18H29ClO/c1-4-5-6-7-8-9-10-11-20-18-16(3)12-15(2)13-17(18)14-19/h12-13H,4-11,14H2,1-3H3. The third-order valence-electron chi connectivity index (χ3n) is 3.63. The van der Waals surface area contributed by atoms with Crippen molar-refractivity contribution in [3.63, 3.8) is 0 Å². The first-order chi connectivity index (χ1) is 9.69. The van der Waals surface area contributed by atoms with E-state index in [-0.39, 0.29) is 0 Å². The van der Waals surface area contributed by atoms with Gasteiger partial charge in [0.2, 0.25) is 0 Å². The number of unbranched alkanes of at least 4 members (excludes halogenated alkanes) is 6. The Morgan fingerprint density at radius 2 is 1.60 bits per heavy atom. The third kappa shape index (κ3) is 6.17. The zero-order valence-electron chi connectivity index (χ0n) is 13.3. The van der Waals surface area contributed by atoms with E-state index in [1.165, 1.54) is 49.7 Å². The number of hydrogen-bond acceptors (Lipinski definition) is 1. The maximum atomic E-state index is 6.01. The van der Waals surface area contributed by atoms with Crippen molar-refractivity contribution in [1.29, 1.82) is 0 Å². The van der Waals surface area contributed by atoms with Crippen LogP contribution in [0.3, 0.4) is 0 Å². The van der Waals surface area contributed by atoms with Crippen molar-refractivity contribution in [2.45, 2.75) is 71.6 Å². The molecule has 1 aromatic rings. The van der Waals surface area contributed by atoms with Gasteiger partial charge in [-0.05, 0) is 25.8 Å². The van der Waals surface area contributed by atoms with Crippen LogP contribution in [0.25, 0.3) is 0 Å². The number of aryl methyl sites for hydroxylation is 2. The maximum absolute atomic E-state index is 6.01. The van der Waals surface area contributed by atoms with E-state index < -0.39 is 0 Å². The number of alkyl halides is 1. The summed E-state index contributed by atoms with van der Waals surface area (Å²) in [6, 6.07) is 4.29. The molecule has 0 aliphatic carbocycles. The molecule has 0 amide bonds. The topological polar surface area (TPSA) is 9.23 Å². The zero-order valence-corrected chi connectivity index (χ0v) is 14.1. The highest BCUT2D eigenvalue weighted by atomic mass is 35.5. The average molecular weight is 297 g/mol. The Bertz CT molecular complexity index is 387. The van der Waals surface area contributed by atoms with Gasteiger partial charge in [-0.3, -0.25) is 0 Å². The summed E-state index contributed by atoms with van der Waals surface area (Å²) in [5.41, 5.74) is 3.57. The summed E-state index contributed by atoms with van der Waals surface area (Å²) in [7, 11) is 0. The summed E-state index contributed by atoms with van der Waals surface area (Å²) < 4.78 is 5.96. The first-order valence-electron chi connectivity index (χ1n) is 7.98. The lowest BCUT2D eigenvalue weighted by Crippen LogP contribution is -2.02. The molecule has 0 aromatic heterocycles. The van der Waals surface area contributed by atoms with Gasteiger partial charge in [-0.2, -0.15) is 0 Å². The van der Waals surface area contributed by atoms with E-state index in [1.54, 1.807) is 0 Å². The molecule has 0 atom stereocenters. The Balaban J connectivity index is 2.28. The second-order valence-electron chi connectivity index (χ2n) is 5.67. The highest BCUT2D eigenvalue weighted by Crippen LogP contribution is 2.27. The Labute approximate surface area is 129 Å². The van der Waals surface area contributed by atoms with Crippen molar-refractivity contribution >= 4 is 11.6 Å². The highest BCUT2D eigenvalue weighted by molar-refractivity contribution is 6.17. The van der Waals surface area contributed by atoms with Gasteiger partial charge in [0.05, 0.1) is 12.5 Å². The number of rotatable bonds is 10.